The Morgan fingerprint density at radius 3 is 2.91 bits per heavy atom. The van der Waals surface area contributed by atoms with E-state index in [1.165, 1.54) is 23.5 Å². The number of thiazole rings is 1. The highest BCUT2D eigenvalue weighted by Gasteiger charge is 2.32. The first kappa shape index (κ1) is 21.0. The summed E-state index contributed by atoms with van der Waals surface area (Å²) in [5.41, 5.74) is 1.58. The maximum Gasteiger partial charge on any atom is 0.274 e. The fourth-order valence-corrected chi connectivity index (χ4v) is 5.13. The molecule has 168 valence electrons. The van der Waals surface area contributed by atoms with Gasteiger partial charge in [0, 0.05) is 37.9 Å². The Morgan fingerprint density at radius 2 is 2.09 bits per heavy atom. The van der Waals surface area contributed by atoms with Gasteiger partial charge in [0.25, 0.3) is 11.1 Å². The molecule has 0 aliphatic carbocycles. The molecule has 6 nitrogen and oxygen atoms in total. The number of nitrogens with zero attached hydrogens (tertiary/aromatic N) is 2. The molecule has 0 unspecified atom stereocenters. The van der Waals surface area contributed by atoms with Gasteiger partial charge in [-0.25, -0.2) is 9.37 Å². The van der Waals surface area contributed by atoms with Crippen molar-refractivity contribution in [2.75, 3.05) is 19.7 Å². The summed E-state index contributed by atoms with van der Waals surface area (Å²) >= 11 is 1.34. The number of amides is 1. The van der Waals surface area contributed by atoms with E-state index in [0.29, 0.717) is 36.9 Å². The number of aromatic nitrogens is 1. The lowest BCUT2D eigenvalue weighted by atomic mass is 10.0. The zero-order valence-corrected chi connectivity index (χ0v) is 18.9. The summed E-state index contributed by atoms with van der Waals surface area (Å²) in [4.78, 5) is 18.9. The van der Waals surface area contributed by atoms with E-state index in [1.54, 1.807) is 6.07 Å². The van der Waals surface area contributed by atoms with E-state index >= 15 is 0 Å². The second kappa shape index (κ2) is 8.24. The van der Waals surface area contributed by atoms with Crippen molar-refractivity contribution in [1.29, 1.82) is 0 Å². The van der Waals surface area contributed by atoms with Crippen molar-refractivity contribution in [3.63, 3.8) is 0 Å². The van der Waals surface area contributed by atoms with Gasteiger partial charge in [-0.2, -0.15) is 0 Å². The minimum Gasteiger partial charge on any atom is -0.483 e. The molecule has 0 saturated carbocycles. The maximum atomic E-state index is 13.4. The molecule has 0 atom stereocenters. The molecule has 2 aromatic carbocycles. The van der Waals surface area contributed by atoms with Crippen molar-refractivity contribution in [2.45, 2.75) is 44.8 Å². The number of para-hydroxylation sites is 1. The third-order valence-electron chi connectivity index (χ3n) is 5.80. The Kier molecular flexibility index (Phi) is 5.41. The minimum atomic E-state index is -0.280. The molecule has 0 radical (unpaired) electrons. The normalized spacial score (nSPS) is 17.8. The van der Waals surface area contributed by atoms with Gasteiger partial charge in [0.15, 0.2) is 18.1 Å². The monoisotopic (exact) mass is 456 g/mol. The Bertz CT molecular complexity index is 1150. The molecule has 1 amide bonds. The highest BCUT2D eigenvalue weighted by molar-refractivity contribution is 7.20. The number of likely N-dealkylation sites (tertiary alicyclic amines) is 1. The third-order valence-corrected chi connectivity index (χ3v) is 6.71. The van der Waals surface area contributed by atoms with Gasteiger partial charge in [0.05, 0.1) is 10.2 Å². The summed E-state index contributed by atoms with van der Waals surface area (Å²) in [5.74, 6) is 1.03. The van der Waals surface area contributed by atoms with Gasteiger partial charge < -0.3 is 19.1 Å². The molecule has 1 aromatic heterocycles. The Labute approximate surface area is 189 Å². The van der Waals surface area contributed by atoms with Gasteiger partial charge >= 0.3 is 0 Å². The van der Waals surface area contributed by atoms with E-state index in [4.69, 9.17) is 14.2 Å². The van der Waals surface area contributed by atoms with Gasteiger partial charge in [-0.15, -0.1) is 0 Å². The summed E-state index contributed by atoms with van der Waals surface area (Å²) in [6, 6.07) is 10.3. The highest BCUT2D eigenvalue weighted by Crippen LogP contribution is 2.41. The number of carbonyl (C=O) groups excluding carboxylic acids is 1. The SMILES string of the molecule is CC1(C)Cc2cccc(OCC(=O)N3CCC(Oc4nc5ccc(F)cc5s4)CC3)c2O1. The highest BCUT2D eigenvalue weighted by atomic mass is 32.1. The first-order chi connectivity index (χ1) is 15.4. The molecule has 5 rings (SSSR count). The number of piperidine rings is 1. The Hall–Kier alpha value is -2.87. The predicted octanol–water partition coefficient (Wildman–Crippen LogP) is 4.60. The summed E-state index contributed by atoms with van der Waals surface area (Å²) in [5, 5.41) is 0.541. The van der Waals surface area contributed by atoms with Crippen LogP contribution in [0.15, 0.2) is 36.4 Å². The van der Waals surface area contributed by atoms with Crippen molar-refractivity contribution in [3.05, 3.63) is 47.8 Å². The smallest absolute Gasteiger partial charge is 0.274 e. The average Bonchev–Trinajstić information content (AvgIpc) is 3.30. The number of halogens is 1. The Balaban J connectivity index is 1.13. The first-order valence-electron chi connectivity index (χ1n) is 10.8. The summed E-state index contributed by atoms with van der Waals surface area (Å²) in [6.07, 6.45) is 2.24. The predicted molar refractivity (Wildman–Crippen MR) is 120 cm³/mol. The third kappa shape index (κ3) is 4.37. The molecule has 2 aliphatic rings. The van der Waals surface area contributed by atoms with Crippen molar-refractivity contribution in [1.82, 2.24) is 9.88 Å². The molecule has 0 bridgehead atoms. The summed E-state index contributed by atoms with van der Waals surface area (Å²) in [7, 11) is 0. The van der Waals surface area contributed by atoms with Crippen LogP contribution in [-0.4, -0.2) is 47.2 Å². The summed E-state index contributed by atoms with van der Waals surface area (Å²) in [6.45, 7) is 5.27. The molecule has 3 heterocycles. The molecule has 3 aromatic rings. The van der Waals surface area contributed by atoms with Crippen molar-refractivity contribution in [3.8, 4) is 16.7 Å². The van der Waals surface area contributed by atoms with Crippen LogP contribution in [0.1, 0.15) is 32.3 Å². The minimum absolute atomic E-state index is 0.0154. The number of benzene rings is 2. The van der Waals surface area contributed by atoms with Gasteiger partial charge in [-0.1, -0.05) is 23.5 Å². The van der Waals surface area contributed by atoms with Crippen LogP contribution in [-0.2, 0) is 11.2 Å². The molecule has 1 fully saturated rings. The van der Waals surface area contributed by atoms with Gasteiger partial charge in [-0.05, 0) is 38.1 Å². The van der Waals surface area contributed by atoms with Crippen LogP contribution in [0.4, 0.5) is 4.39 Å². The van der Waals surface area contributed by atoms with Gasteiger partial charge in [0.2, 0.25) is 0 Å². The topological polar surface area (TPSA) is 60.9 Å². The maximum absolute atomic E-state index is 13.4. The molecule has 8 heteroatoms. The van der Waals surface area contributed by atoms with Crippen LogP contribution in [0.25, 0.3) is 10.2 Å². The van der Waals surface area contributed by atoms with E-state index < -0.39 is 0 Å². The molecular formula is C24H25FN2O4S. The standard InChI is InChI=1S/C24H25FN2O4S/c1-24(2)13-15-4-3-5-19(22(15)31-24)29-14-21(28)27-10-8-17(9-11-27)30-23-26-18-7-6-16(25)12-20(18)32-23/h3-7,12,17H,8-11,13-14H2,1-2H3. The van der Waals surface area contributed by atoms with Crippen LogP contribution in [0, 0.1) is 5.82 Å². The molecular weight excluding hydrogens is 431 g/mol. The number of hydrogen-bond acceptors (Lipinski definition) is 6. The number of ether oxygens (including phenoxy) is 3. The van der Waals surface area contributed by atoms with Crippen LogP contribution >= 0.6 is 11.3 Å². The molecule has 32 heavy (non-hydrogen) atoms. The zero-order valence-electron chi connectivity index (χ0n) is 18.1. The fourth-order valence-electron chi connectivity index (χ4n) is 4.23. The lowest BCUT2D eigenvalue weighted by Crippen LogP contribution is -2.43. The first-order valence-corrected chi connectivity index (χ1v) is 11.6. The lowest BCUT2D eigenvalue weighted by molar-refractivity contribution is -0.135. The van der Waals surface area contributed by atoms with E-state index in [-0.39, 0.29) is 30.0 Å². The van der Waals surface area contributed by atoms with Gasteiger partial charge in [-0.3, -0.25) is 4.79 Å². The lowest BCUT2D eigenvalue weighted by Gasteiger charge is -2.31. The number of carbonyl (C=O) groups is 1. The largest absolute Gasteiger partial charge is 0.483 e. The molecule has 1 saturated heterocycles. The van der Waals surface area contributed by atoms with Crippen molar-refractivity contribution >= 4 is 27.5 Å². The van der Waals surface area contributed by atoms with E-state index in [2.05, 4.69) is 4.98 Å². The van der Waals surface area contributed by atoms with E-state index in [1.807, 2.05) is 36.9 Å². The van der Waals surface area contributed by atoms with Crippen molar-refractivity contribution in [2.24, 2.45) is 0 Å². The number of rotatable bonds is 5. The van der Waals surface area contributed by atoms with Crippen LogP contribution in [0.3, 0.4) is 0 Å². The second-order valence-electron chi connectivity index (χ2n) is 8.86. The van der Waals surface area contributed by atoms with Crippen molar-refractivity contribution < 1.29 is 23.4 Å². The fraction of sp³-hybridized carbons (Fsp3) is 0.417. The van der Waals surface area contributed by atoms with E-state index in [9.17, 15) is 9.18 Å². The van der Waals surface area contributed by atoms with Crippen LogP contribution in [0.5, 0.6) is 16.7 Å². The molecule has 2 aliphatic heterocycles. The van der Waals surface area contributed by atoms with Crippen LogP contribution < -0.4 is 14.2 Å². The second-order valence-corrected chi connectivity index (χ2v) is 9.85. The Morgan fingerprint density at radius 1 is 1.28 bits per heavy atom. The number of hydrogen-bond donors (Lipinski definition) is 0. The van der Waals surface area contributed by atoms with Crippen LogP contribution in [0.2, 0.25) is 0 Å². The average molecular weight is 457 g/mol. The zero-order chi connectivity index (χ0) is 22.3. The molecule has 0 N–H and O–H groups in total. The molecule has 0 spiro atoms. The van der Waals surface area contributed by atoms with Gasteiger partial charge in [0.1, 0.15) is 17.5 Å². The quantitative estimate of drug-likeness (QED) is 0.562. The van der Waals surface area contributed by atoms with E-state index in [0.717, 1.165) is 28.0 Å². The summed E-state index contributed by atoms with van der Waals surface area (Å²) < 4.78 is 32.0. The number of fused-ring (bicyclic) bond motifs is 2.